The number of imidazole rings is 1. The van der Waals surface area contributed by atoms with Crippen molar-refractivity contribution in [2.24, 2.45) is 0 Å². The third-order valence-electron chi connectivity index (χ3n) is 4.06. The second-order valence-electron chi connectivity index (χ2n) is 6.16. The van der Waals surface area contributed by atoms with Crippen LogP contribution in [0.3, 0.4) is 0 Å². The smallest absolute Gasteiger partial charge is 0.157 e. The molecule has 25 heavy (non-hydrogen) atoms. The molecule has 2 N–H and O–H groups in total. The molecule has 0 radical (unpaired) electrons. The maximum Gasteiger partial charge on any atom is 0.157 e. The first kappa shape index (κ1) is 15.2. The van der Waals surface area contributed by atoms with Crippen molar-refractivity contribution >= 4 is 17.2 Å². The third kappa shape index (κ3) is 2.92. The van der Waals surface area contributed by atoms with E-state index in [2.05, 4.69) is 42.3 Å². The number of hydrogen-bond donors (Lipinski definition) is 2. The quantitative estimate of drug-likeness (QED) is 0.582. The molecule has 124 valence electrons. The van der Waals surface area contributed by atoms with Gasteiger partial charge >= 0.3 is 0 Å². The molecule has 0 saturated carbocycles. The molecule has 2 aromatic carbocycles. The van der Waals surface area contributed by atoms with Crippen molar-refractivity contribution in [1.82, 2.24) is 14.4 Å². The molecule has 0 atom stereocenters. The minimum absolute atomic E-state index is 0.234. The summed E-state index contributed by atoms with van der Waals surface area (Å²) in [6.45, 7) is 4.16. The first-order chi connectivity index (χ1) is 12.1. The van der Waals surface area contributed by atoms with Gasteiger partial charge in [0.05, 0.1) is 6.20 Å². The number of nitrogens with zero attached hydrogens (tertiary/aromatic N) is 3. The molecule has 4 rings (SSSR count). The molecular weight excluding hydrogens is 312 g/mol. The first-order valence-electron chi connectivity index (χ1n) is 8.07. The topological polar surface area (TPSA) is 62.5 Å². The number of hydrogen-bond acceptors (Lipinski definition) is 4. The van der Waals surface area contributed by atoms with Crippen LogP contribution in [-0.4, -0.2) is 19.5 Å². The molecule has 5 heteroatoms. The highest BCUT2D eigenvalue weighted by Gasteiger charge is 2.14. The largest absolute Gasteiger partial charge is 0.508 e. The molecule has 0 fully saturated rings. The number of aryl methyl sites for hydroxylation is 2. The molecule has 5 nitrogen and oxygen atoms in total. The molecule has 0 saturated heterocycles. The van der Waals surface area contributed by atoms with E-state index < -0.39 is 0 Å². The van der Waals surface area contributed by atoms with E-state index in [4.69, 9.17) is 4.98 Å². The maximum absolute atomic E-state index is 9.56. The van der Waals surface area contributed by atoms with Crippen LogP contribution in [0.4, 0.5) is 11.5 Å². The number of aromatic hydroxyl groups is 1. The number of rotatable bonds is 3. The fourth-order valence-electron chi connectivity index (χ4n) is 3.03. The van der Waals surface area contributed by atoms with Gasteiger partial charge in [0, 0.05) is 23.6 Å². The summed E-state index contributed by atoms with van der Waals surface area (Å²) in [7, 11) is 0. The molecule has 4 aromatic rings. The van der Waals surface area contributed by atoms with E-state index in [9.17, 15) is 5.11 Å². The van der Waals surface area contributed by atoms with Crippen LogP contribution in [0.1, 0.15) is 11.1 Å². The average Bonchev–Trinajstić information content (AvgIpc) is 2.93. The number of nitrogens with one attached hydrogen (secondary N) is 1. The lowest BCUT2D eigenvalue weighted by atomic mass is 10.1. The number of anilines is 2. The number of benzene rings is 2. The molecule has 0 bridgehead atoms. The summed E-state index contributed by atoms with van der Waals surface area (Å²) in [5.74, 6) is 1.10. The highest BCUT2D eigenvalue weighted by Crippen LogP contribution is 2.32. The summed E-state index contributed by atoms with van der Waals surface area (Å²) in [5.41, 5.74) is 5.91. The summed E-state index contributed by atoms with van der Waals surface area (Å²) < 4.78 is 1.98. The van der Waals surface area contributed by atoms with Gasteiger partial charge in [0.2, 0.25) is 0 Å². The van der Waals surface area contributed by atoms with E-state index in [1.807, 2.05) is 22.7 Å². The van der Waals surface area contributed by atoms with Gasteiger partial charge in [-0.25, -0.2) is 4.98 Å². The molecule has 2 aromatic heterocycles. The Labute approximate surface area is 145 Å². The molecule has 0 amide bonds. The second-order valence-corrected chi connectivity index (χ2v) is 6.16. The fraction of sp³-hybridized carbons (Fsp3) is 0.100. The SMILES string of the molecule is Cc1cc(C)cc(Nc2c(-c3ccc(O)cc3)nc3cnccn23)c1. The summed E-state index contributed by atoms with van der Waals surface area (Å²) in [6.07, 6.45) is 5.36. The van der Waals surface area contributed by atoms with Crippen molar-refractivity contribution in [3.63, 3.8) is 0 Å². The van der Waals surface area contributed by atoms with Crippen LogP contribution >= 0.6 is 0 Å². The Morgan fingerprint density at radius 2 is 1.72 bits per heavy atom. The van der Waals surface area contributed by atoms with E-state index in [0.717, 1.165) is 28.4 Å². The lowest BCUT2D eigenvalue weighted by molar-refractivity contribution is 0.475. The molecule has 0 spiro atoms. The number of phenols is 1. The monoisotopic (exact) mass is 330 g/mol. The highest BCUT2D eigenvalue weighted by molar-refractivity contribution is 5.79. The lowest BCUT2D eigenvalue weighted by Crippen LogP contribution is -1.98. The third-order valence-corrected chi connectivity index (χ3v) is 4.06. The van der Waals surface area contributed by atoms with E-state index >= 15 is 0 Å². The van der Waals surface area contributed by atoms with Crippen molar-refractivity contribution in [2.45, 2.75) is 13.8 Å². The van der Waals surface area contributed by atoms with Gasteiger partial charge in [-0.15, -0.1) is 0 Å². The van der Waals surface area contributed by atoms with Crippen molar-refractivity contribution in [3.8, 4) is 17.0 Å². The standard InChI is InChI=1S/C20H18N4O/c1-13-9-14(2)11-16(10-13)22-20-19(15-3-5-17(25)6-4-15)23-18-12-21-7-8-24(18)20/h3-12,22,25H,1-2H3. The van der Waals surface area contributed by atoms with Crippen LogP contribution in [0.15, 0.2) is 61.1 Å². The Balaban J connectivity index is 1.88. The van der Waals surface area contributed by atoms with Crippen molar-refractivity contribution in [3.05, 3.63) is 72.2 Å². The average molecular weight is 330 g/mol. The Morgan fingerprint density at radius 3 is 2.44 bits per heavy atom. The van der Waals surface area contributed by atoms with Crippen molar-refractivity contribution in [1.29, 1.82) is 0 Å². The van der Waals surface area contributed by atoms with Crippen LogP contribution in [0, 0.1) is 13.8 Å². The van der Waals surface area contributed by atoms with Gasteiger partial charge in [0.1, 0.15) is 17.3 Å². The summed E-state index contributed by atoms with van der Waals surface area (Å²) in [5, 5.41) is 13.1. The predicted molar refractivity (Wildman–Crippen MR) is 99.3 cm³/mol. The number of fused-ring (bicyclic) bond motifs is 1. The molecule has 2 heterocycles. The second kappa shape index (κ2) is 5.94. The molecule has 0 aliphatic rings. The minimum Gasteiger partial charge on any atom is -0.508 e. The summed E-state index contributed by atoms with van der Waals surface area (Å²) in [4.78, 5) is 8.87. The zero-order valence-corrected chi connectivity index (χ0v) is 14.1. The van der Waals surface area contributed by atoms with Crippen LogP contribution in [0.2, 0.25) is 0 Å². The molecular formula is C20H18N4O. The van der Waals surface area contributed by atoms with Crippen LogP contribution < -0.4 is 5.32 Å². The van der Waals surface area contributed by atoms with Crippen molar-refractivity contribution in [2.75, 3.05) is 5.32 Å². The van der Waals surface area contributed by atoms with Gasteiger partial charge < -0.3 is 10.4 Å². The predicted octanol–water partition coefficient (Wildman–Crippen LogP) is 4.46. The zero-order valence-electron chi connectivity index (χ0n) is 14.1. The Hall–Kier alpha value is -3.34. The lowest BCUT2D eigenvalue weighted by Gasteiger charge is -2.10. The van der Waals surface area contributed by atoms with E-state index in [-0.39, 0.29) is 5.75 Å². The Kier molecular flexibility index (Phi) is 3.61. The van der Waals surface area contributed by atoms with Gasteiger partial charge in [0.25, 0.3) is 0 Å². The Bertz CT molecular complexity index is 1030. The molecule has 0 aliphatic heterocycles. The van der Waals surface area contributed by atoms with Gasteiger partial charge in [-0.3, -0.25) is 9.38 Å². The first-order valence-corrected chi connectivity index (χ1v) is 8.07. The van der Waals surface area contributed by atoms with E-state index in [1.165, 1.54) is 11.1 Å². The van der Waals surface area contributed by atoms with E-state index in [0.29, 0.717) is 0 Å². The summed E-state index contributed by atoms with van der Waals surface area (Å²) in [6, 6.07) is 13.4. The molecule has 0 aliphatic carbocycles. The van der Waals surface area contributed by atoms with Gasteiger partial charge in [-0.1, -0.05) is 6.07 Å². The highest BCUT2D eigenvalue weighted by atomic mass is 16.3. The van der Waals surface area contributed by atoms with Crippen LogP contribution in [-0.2, 0) is 0 Å². The number of phenolic OH excluding ortho intramolecular Hbond substituents is 1. The van der Waals surface area contributed by atoms with Crippen LogP contribution in [0.25, 0.3) is 16.9 Å². The van der Waals surface area contributed by atoms with Crippen LogP contribution in [0.5, 0.6) is 5.75 Å². The van der Waals surface area contributed by atoms with E-state index in [1.54, 1.807) is 24.5 Å². The van der Waals surface area contributed by atoms with Gasteiger partial charge in [0.15, 0.2) is 5.65 Å². The van der Waals surface area contributed by atoms with Crippen molar-refractivity contribution < 1.29 is 5.11 Å². The fourth-order valence-corrected chi connectivity index (χ4v) is 3.03. The summed E-state index contributed by atoms with van der Waals surface area (Å²) >= 11 is 0. The zero-order chi connectivity index (χ0) is 17.4. The Morgan fingerprint density at radius 1 is 1.00 bits per heavy atom. The minimum atomic E-state index is 0.234. The maximum atomic E-state index is 9.56. The molecule has 0 unspecified atom stereocenters. The number of aromatic nitrogens is 3. The van der Waals surface area contributed by atoms with Gasteiger partial charge in [-0.2, -0.15) is 0 Å². The van der Waals surface area contributed by atoms with Gasteiger partial charge in [-0.05, 0) is 61.4 Å². The normalized spacial score (nSPS) is 11.0.